The predicted octanol–water partition coefficient (Wildman–Crippen LogP) is 2.25. The van der Waals surface area contributed by atoms with Gasteiger partial charge in [-0.2, -0.15) is 0 Å². The van der Waals surface area contributed by atoms with Gasteiger partial charge < -0.3 is 19.9 Å². The zero-order valence-corrected chi connectivity index (χ0v) is 21.2. The third kappa shape index (κ3) is 7.50. The first kappa shape index (κ1) is 27.6. The normalized spacial score (nSPS) is 22.4. The summed E-state index contributed by atoms with van der Waals surface area (Å²) in [5.41, 5.74) is 1.38. The second-order valence-electron chi connectivity index (χ2n) is 8.74. The summed E-state index contributed by atoms with van der Waals surface area (Å²) in [5, 5.41) is 12.6. The van der Waals surface area contributed by atoms with E-state index in [0.717, 1.165) is 0 Å². The van der Waals surface area contributed by atoms with Crippen LogP contribution in [0.15, 0.2) is 28.6 Å². The molecule has 2 aliphatic heterocycles. The summed E-state index contributed by atoms with van der Waals surface area (Å²) in [5.74, 6) is -0.820. The Morgan fingerprint density at radius 2 is 2.19 bits per heavy atom. The molecule has 0 bridgehead atoms. The Morgan fingerprint density at radius 1 is 1.42 bits per heavy atom. The van der Waals surface area contributed by atoms with Crippen molar-refractivity contribution < 1.29 is 37.6 Å². The minimum Gasteiger partial charge on any atom is -0.463 e. The second kappa shape index (κ2) is 12.3. The molecule has 0 aromatic heterocycles. The number of hydrogen-bond acceptors (Lipinski definition) is 8. The number of esters is 1. The quantitative estimate of drug-likeness (QED) is 0.448. The Labute approximate surface area is 210 Å². The molecule has 10 nitrogen and oxygen atoms in total. The lowest BCUT2D eigenvalue weighted by Gasteiger charge is -2.20. The van der Waals surface area contributed by atoms with Crippen LogP contribution in [0.4, 0.5) is 14.9 Å². The molecular weight excluding hydrogens is 493 g/mol. The van der Waals surface area contributed by atoms with E-state index in [1.807, 2.05) is 6.92 Å². The van der Waals surface area contributed by atoms with Crippen LogP contribution in [0, 0.1) is 5.82 Å². The molecule has 1 fully saturated rings. The number of benzene rings is 1. The highest BCUT2D eigenvalue weighted by Crippen LogP contribution is 2.30. The number of nitrogens with zero attached hydrogens (tertiary/aromatic N) is 2. The molecule has 2 amide bonds. The van der Waals surface area contributed by atoms with Gasteiger partial charge in [0.25, 0.3) is 0 Å². The maximum Gasteiger partial charge on any atom is 0.414 e. The molecule has 0 spiro atoms. The molecule has 2 heterocycles. The molecule has 3 atom stereocenters. The van der Waals surface area contributed by atoms with E-state index in [0.29, 0.717) is 29.7 Å². The average Bonchev–Trinajstić information content (AvgIpc) is 3.21. The Hall–Kier alpha value is -2.99. The number of allylic oxidation sites excluding steroid dienone is 1. The Balaban J connectivity index is 1.60. The number of ether oxygens (including phenoxy) is 2. The van der Waals surface area contributed by atoms with Crippen LogP contribution >= 0.6 is 0 Å². The fourth-order valence-corrected chi connectivity index (χ4v) is 5.66. The van der Waals surface area contributed by atoms with Gasteiger partial charge in [0, 0.05) is 24.7 Å². The van der Waals surface area contributed by atoms with E-state index in [1.165, 1.54) is 17.9 Å². The standard InChI is InChI=1S/C24H32FN3O7S/c1-3-4-23(31)34-15-19(30)12-27-36(33)9-7-17(8-10-36)21-6-5-18(11-22(21)25)28-14-20(35-24(28)32)13-26-16(2)29/h5-7,11,19-20,30H,3-4,8-10,12-15H2,1-2H3,(H,26,29)/t19-,20+,36?/m1/s1. The van der Waals surface area contributed by atoms with Crippen LogP contribution in [-0.4, -0.2) is 77.2 Å². The number of carbonyl (C=O) groups is 3. The number of rotatable bonds is 10. The summed E-state index contributed by atoms with van der Waals surface area (Å²) in [6, 6.07) is 4.45. The lowest BCUT2D eigenvalue weighted by molar-refractivity contribution is -0.146. The summed E-state index contributed by atoms with van der Waals surface area (Å²) in [6.07, 6.45) is 0.777. The number of anilines is 1. The number of aliphatic hydroxyl groups excluding tert-OH is 1. The molecule has 0 aliphatic carbocycles. The molecule has 1 saturated heterocycles. The van der Waals surface area contributed by atoms with Gasteiger partial charge in [-0.25, -0.2) is 17.8 Å². The highest BCUT2D eigenvalue weighted by molar-refractivity contribution is 7.93. The molecule has 1 aromatic rings. The second-order valence-corrected chi connectivity index (χ2v) is 11.3. The molecule has 198 valence electrons. The number of carbonyl (C=O) groups excluding carboxylic acids is 3. The van der Waals surface area contributed by atoms with Crippen molar-refractivity contribution in [3.8, 4) is 0 Å². The molecule has 12 heteroatoms. The Bertz CT molecular complexity index is 1150. The van der Waals surface area contributed by atoms with Gasteiger partial charge in [-0.15, -0.1) is 0 Å². The van der Waals surface area contributed by atoms with Crippen LogP contribution in [-0.2, 0) is 28.8 Å². The van der Waals surface area contributed by atoms with E-state index in [4.69, 9.17) is 9.47 Å². The molecule has 0 saturated carbocycles. The third-order valence-corrected chi connectivity index (χ3v) is 7.90. The molecule has 1 aromatic carbocycles. The smallest absolute Gasteiger partial charge is 0.414 e. The van der Waals surface area contributed by atoms with E-state index in [-0.39, 0.29) is 50.1 Å². The number of amides is 2. The van der Waals surface area contributed by atoms with Crippen LogP contribution in [0.5, 0.6) is 0 Å². The van der Waals surface area contributed by atoms with Gasteiger partial charge in [-0.1, -0.05) is 13.0 Å². The first-order valence-electron chi connectivity index (χ1n) is 11.8. The van der Waals surface area contributed by atoms with E-state index in [9.17, 15) is 28.1 Å². The van der Waals surface area contributed by atoms with Crippen molar-refractivity contribution in [3.63, 3.8) is 0 Å². The summed E-state index contributed by atoms with van der Waals surface area (Å²) < 4.78 is 42.3. The average molecular weight is 526 g/mol. The van der Waals surface area contributed by atoms with Gasteiger partial charge in [0.15, 0.2) is 0 Å². The van der Waals surface area contributed by atoms with Crippen molar-refractivity contribution in [3.05, 3.63) is 35.7 Å². The first-order chi connectivity index (χ1) is 17.1. The predicted molar refractivity (Wildman–Crippen MR) is 132 cm³/mol. The minimum atomic E-state index is -2.61. The molecular formula is C24H32FN3O7S. The zero-order valence-electron chi connectivity index (χ0n) is 20.4. The first-order valence-corrected chi connectivity index (χ1v) is 13.7. The van der Waals surface area contributed by atoms with E-state index < -0.39 is 39.8 Å². The van der Waals surface area contributed by atoms with Gasteiger partial charge >= 0.3 is 12.1 Å². The molecule has 2 aliphatic rings. The van der Waals surface area contributed by atoms with Gasteiger partial charge in [0.2, 0.25) is 5.91 Å². The van der Waals surface area contributed by atoms with Crippen molar-refractivity contribution >= 4 is 39.0 Å². The van der Waals surface area contributed by atoms with E-state index in [2.05, 4.69) is 9.68 Å². The zero-order chi connectivity index (χ0) is 26.3. The molecule has 0 radical (unpaired) electrons. The number of aliphatic hydroxyl groups is 1. The highest BCUT2D eigenvalue weighted by Gasteiger charge is 2.33. The summed E-state index contributed by atoms with van der Waals surface area (Å²) >= 11 is 0. The maximum atomic E-state index is 15.0. The number of nitrogens with one attached hydrogen (secondary N) is 1. The SMILES string of the molecule is CCCC(=O)OC[C@H](O)CN=S1(=O)CC=C(c2ccc(N3C[C@H](CNC(C)=O)OC3=O)cc2F)CC1. The van der Waals surface area contributed by atoms with Crippen molar-refractivity contribution in [2.75, 3.05) is 42.6 Å². The largest absolute Gasteiger partial charge is 0.463 e. The molecule has 2 N–H and O–H groups in total. The van der Waals surface area contributed by atoms with Crippen LogP contribution in [0.25, 0.3) is 5.57 Å². The topological polar surface area (TPSA) is 135 Å². The fourth-order valence-electron chi connectivity index (χ4n) is 3.82. The van der Waals surface area contributed by atoms with Gasteiger partial charge in [-0.05, 0) is 36.6 Å². The Morgan fingerprint density at radius 3 is 2.83 bits per heavy atom. The third-order valence-electron chi connectivity index (χ3n) is 5.75. The number of halogens is 1. The van der Waals surface area contributed by atoms with Crippen LogP contribution in [0.1, 0.15) is 38.7 Å². The highest BCUT2D eigenvalue weighted by atomic mass is 32.2. The van der Waals surface area contributed by atoms with E-state index in [1.54, 1.807) is 18.2 Å². The minimum absolute atomic E-state index is 0.112. The Kier molecular flexibility index (Phi) is 9.43. The van der Waals surface area contributed by atoms with Crippen LogP contribution in [0.3, 0.4) is 0 Å². The monoisotopic (exact) mass is 525 g/mol. The lowest BCUT2D eigenvalue weighted by atomic mass is 10.0. The fraction of sp³-hybridized carbons (Fsp3) is 0.542. The van der Waals surface area contributed by atoms with Crippen molar-refractivity contribution in [2.24, 2.45) is 4.36 Å². The molecule has 3 rings (SSSR count). The van der Waals surface area contributed by atoms with E-state index >= 15 is 0 Å². The molecule has 1 unspecified atom stereocenters. The van der Waals surface area contributed by atoms with Crippen LogP contribution < -0.4 is 10.2 Å². The summed E-state index contributed by atoms with van der Waals surface area (Å²) in [7, 11) is -2.61. The maximum absolute atomic E-state index is 15.0. The summed E-state index contributed by atoms with van der Waals surface area (Å²) in [6.45, 7) is 3.27. The van der Waals surface area contributed by atoms with Crippen molar-refractivity contribution in [1.29, 1.82) is 0 Å². The van der Waals surface area contributed by atoms with Crippen LogP contribution in [0.2, 0.25) is 0 Å². The van der Waals surface area contributed by atoms with Gasteiger partial charge in [0.05, 0.1) is 40.8 Å². The van der Waals surface area contributed by atoms with Crippen molar-refractivity contribution in [2.45, 2.75) is 45.3 Å². The van der Waals surface area contributed by atoms with Crippen molar-refractivity contribution in [1.82, 2.24) is 5.32 Å². The lowest BCUT2D eigenvalue weighted by Crippen LogP contribution is -2.33. The van der Waals surface area contributed by atoms with Gasteiger partial charge in [-0.3, -0.25) is 14.5 Å². The number of hydrogen-bond donors (Lipinski definition) is 2. The summed E-state index contributed by atoms with van der Waals surface area (Å²) in [4.78, 5) is 36.0. The molecule has 36 heavy (non-hydrogen) atoms. The van der Waals surface area contributed by atoms with Gasteiger partial charge in [0.1, 0.15) is 24.6 Å². The number of cyclic esters (lactones) is 1.